The second-order valence-electron chi connectivity index (χ2n) is 5.85. The van der Waals surface area contributed by atoms with Gasteiger partial charge in [-0.15, -0.1) is 0 Å². The summed E-state index contributed by atoms with van der Waals surface area (Å²) in [5.41, 5.74) is 2.33. The van der Waals surface area contributed by atoms with Crippen LogP contribution in [0.5, 0.6) is 0 Å². The molecule has 1 atom stereocenters. The first kappa shape index (κ1) is 14.7. The van der Waals surface area contributed by atoms with Gasteiger partial charge in [0.15, 0.2) is 0 Å². The number of carbonyl (C=O) groups is 1. The van der Waals surface area contributed by atoms with Crippen LogP contribution in [-0.4, -0.2) is 11.9 Å². The predicted octanol–water partition coefficient (Wildman–Crippen LogP) is 3.17. The number of hydrogen-bond donors (Lipinski definition) is 2. The number of anilines is 1. The van der Waals surface area contributed by atoms with E-state index in [1.54, 1.807) is 0 Å². The van der Waals surface area contributed by atoms with Crippen LogP contribution in [-0.2, 0) is 11.3 Å². The molecule has 3 heteroatoms. The maximum atomic E-state index is 10.9. The third-order valence-corrected chi connectivity index (χ3v) is 3.19. The highest BCUT2D eigenvalue weighted by Crippen LogP contribution is 2.19. The van der Waals surface area contributed by atoms with E-state index in [4.69, 9.17) is 0 Å². The zero-order chi connectivity index (χ0) is 13.8. The van der Waals surface area contributed by atoms with E-state index in [0.29, 0.717) is 6.04 Å². The standard InChI is InChI=1S/C15H24N2O/c1-11(15(3,4)5)16-10-13-6-8-14(9-7-13)17-12(2)18/h6-9,11,16H,10H2,1-5H3,(H,17,18). The summed E-state index contributed by atoms with van der Waals surface area (Å²) < 4.78 is 0. The first-order valence-corrected chi connectivity index (χ1v) is 6.39. The Morgan fingerprint density at radius 1 is 1.22 bits per heavy atom. The normalized spacial score (nSPS) is 13.2. The highest BCUT2D eigenvalue weighted by Gasteiger charge is 2.18. The molecule has 1 aromatic rings. The highest BCUT2D eigenvalue weighted by atomic mass is 16.1. The minimum absolute atomic E-state index is 0.0396. The van der Waals surface area contributed by atoms with Gasteiger partial charge in [-0.25, -0.2) is 0 Å². The lowest BCUT2D eigenvalue weighted by atomic mass is 9.88. The van der Waals surface area contributed by atoms with Crippen molar-refractivity contribution in [3.63, 3.8) is 0 Å². The Balaban J connectivity index is 2.51. The molecular formula is C15H24N2O. The van der Waals surface area contributed by atoms with Crippen LogP contribution in [0.4, 0.5) is 5.69 Å². The topological polar surface area (TPSA) is 41.1 Å². The summed E-state index contributed by atoms with van der Waals surface area (Å²) in [7, 11) is 0. The van der Waals surface area contributed by atoms with Gasteiger partial charge in [-0.2, -0.15) is 0 Å². The van der Waals surface area contributed by atoms with E-state index < -0.39 is 0 Å². The Kier molecular flexibility index (Phi) is 4.91. The Morgan fingerprint density at radius 3 is 2.22 bits per heavy atom. The first-order valence-electron chi connectivity index (χ1n) is 6.39. The van der Waals surface area contributed by atoms with Crippen LogP contribution in [0.25, 0.3) is 0 Å². The average molecular weight is 248 g/mol. The number of hydrogen-bond acceptors (Lipinski definition) is 2. The van der Waals surface area contributed by atoms with Crippen molar-refractivity contribution in [1.82, 2.24) is 5.32 Å². The van der Waals surface area contributed by atoms with Crippen LogP contribution in [0.1, 0.15) is 40.2 Å². The van der Waals surface area contributed by atoms with Crippen LogP contribution in [0, 0.1) is 5.41 Å². The lowest BCUT2D eigenvalue weighted by molar-refractivity contribution is -0.114. The summed E-state index contributed by atoms with van der Waals surface area (Å²) in [4.78, 5) is 10.9. The maximum absolute atomic E-state index is 10.9. The minimum atomic E-state index is -0.0396. The molecule has 0 spiro atoms. The second-order valence-corrected chi connectivity index (χ2v) is 5.85. The van der Waals surface area contributed by atoms with Crippen molar-refractivity contribution >= 4 is 11.6 Å². The van der Waals surface area contributed by atoms with Gasteiger partial charge in [0, 0.05) is 25.2 Å². The monoisotopic (exact) mass is 248 g/mol. The summed E-state index contributed by atoms with van der Waals surface area (Å²) in [6, 6.07) is 8.38. The van der Waals surface area contributed by atoms with Gasteiger partial charge < -0.3 is 10.6 Å². The summed E-state index contributed by atoms with van der Waals surface area (Å²) in [6.45, 7) is 11.2. The molecule has 0 saturated carbocycles. The molecule has 100 valence electrons. The Bertz CT molecular complexity index is 390. The van der Waals surface area contributed by atoms with Crippen LogP contribution in [0.3, 0.4) is 0 Å². The molecule has 0 bridgehead atoms. The molecule has 0 aliphatic heterocycles. The molecule has 0 aliphatic carbocycles. The van der Waals surface area contributed by atoms with Gasteiger partial charge in [-0.3, -0.25) is 4.79 Å². The van der Waals surface area contributed by atoms with Crippen molar-refractivity contribution in [2.45, 2.75) is 47.2 Å². The van der Waals surface area contributed by atoms with Gasteiger partial charge in [0.2, 0.25) is 5.91 Å². The molecule has 1 amide bonds. The summed E-state index contributed by atoms with van der Waals surface area (Å²) in [5.74, 6) is -0.0396. The van der Waals surface area contributed by atoms with E-state index in [1.807, 2.05) is 24.3 Å². The van der Waals surface area contributed by atoms with E-state index in [-0.39, 0.29) is 11.3 Å². The molecule has 0 radical (unpaired) electrons. The molecule has 1 aromatic carbocycles. The third kappa shape index (κ3) is 4.88. The molecule has 0 fully saturated rings. The minimum Gasteiger partial charge on any atom is -0.326 e. The smallest absolute Gasteiger partial charge is 0.221 e. The molecule has 18 heavy (non-hydrogen) atoms. The fraction of sp³-hybridized carbons (Fsp3) is 0.533. The lowest BCUT2D eigenvalue weighted by Crippen LogP contribution is -2.37. The first-order chi connectivity index (χ1) is 8.29. The predicted molar refractivity (Wildman–Crippen MR) is 76.5 cm³/mol. The van der Waals surface area contributed by atoms with E-state index in [2.05, 4.69) is 38.3 Å². The molecule has 2 N–H and O–H groups in total. The van der Waals surface area contributed by atoms with Crippen molar-refractivity contribution < 1.29 is 4.79 Å². The Labute approximate surface area is 110 Å². The molecule has 0 heterocycles. The highest BCUT2D eigenvalue weighted by molar-refractivity contribution is 5.88. The van der Waals surface area contributed by atoms with Crippen molar-refractivity contribution in [2.75, 3.05) is 5.32 Å². The molecular weight excluding hydrogens is 224 g/mol. The molecule has 0 aromatic heterocycles. The van der Waals surface area contributed by atoms with Gasteiger partial charge in [0.1, 0.15) is 0 Å². The maximum Gasteiger partial charge on any atom is 0.221 e. The van der Waals surface area contributed by atoms with Crippen molar-refractivity contribution in [2.24, 2.45) is 5.41 Å². The number of benzene rings is 1. The molecule has 0 aliphatic rings. The van der Waals surface area contributed by atoms with Gasteiger partial charge >= 0.3 is 0 Å². The largest absolute Gasteiger partial charge is 0.326 e. The summed E-state index contributed by atoms with van der Waals surface area (Å²) in [5, 5.41) is 6.27. The van der Waals surface area contributed by atoms with Gasteiger partial charge in [0.25, 0.3) is 0 Å². The lowest BCUT2D eigenvalue weighted by Gasteiger charge is -2.28. The van der Waals surface area contributed by atoms with E-state index in [0.717, 1.165) is 12.2 Å². The quantitative estimate of drug-likeness (QED) is 0.859. The van der Waals surface area contributed by atoms with Crippen LogP contribution in [0.15, 0.2) is 24.3 Å². The van der Waals surface area contributed by atoms with Gasteiger partial charge in [0.05, 0.1) is 0 Å². The number of amides is 1. The van der Waals surface area contributed by atoms with E-state index in [1.165, 1.54) is 12.5 Å². The molecule has 1 rings (SSSR count). The molecule has 0 saturated heterocycles. The van der Waals surface area contributed by atoms with Gasteiger partial charge in [-0.05, 0) is 30.0 Å². The second kappa shape index (κ2) is 6.01. The fourth-order valence-electron chi connectivity index (χ4n) is 1.49. The number of nitrogens with one attached hydrogen (secondary N) is 2. The average Bonchev–Trinajstić information content (AvgIpc) is 2.25. The van der Waals surface area contributed by atoms with Crippen LogP contribution in [0.2, 0.25) is 0 Å². The van der Waals surface area contributed by atoms with Crippen molar-refractivity contribution in [3.05, 3.63) is 29.8 Å². The summed E-state index contributed by atoms with van der Waals surface area (Å²) >= 11 is 0. The SMILES string of the molecule is CC(=O)Nc1ccc(CNC(C)C(C)(C)C)cc1. The summed E-state index contributed by atoms with van der Waals surface area (Å²) in [6.07, 6.45) is 0. The number of rotatable bonds is 4. The zero-order valence-electron chi connectivity index (χ0n) is 12.0. The Morgan fingerprint density at radius 2 is 1.78 bits per heavy atom. The molecule has 1 unspecified atom stereocenters. The van der Waals surface area contributed by atoms with Crippen LogP contribution < -0.4 is 10.6 Å². The third-order valence-electron chi connectivity index (χ3n) is 3.19. The number of carbonyl (C=O) groups excluding carboxylic acids is 1. The van der Waals surface area contributed by atoms with Crippen LogP contribution >= 0.6 is 0 Å². The van der Waals surface area contributed by atoms with E-state index in [9.17, 15) is 4.79 Å². The fourth-order valence-corrected chi connectivity index (χ4v) is 1.49. The van der Waals surface area contributed by atoms with E-state index >= 15 is 0 Å². The van der Waals surface area contributed by atoms with Crippen molar-refractivity contribution in [3.8, 4) is 0 Å². The van der Waals surface area contributed by atoms with Gasteiger partial charge in [-0.1, -0.05) is 32.9 Å². The molecule has 3 nitrogen and oxygen atoms in total. The van der Waals surface area contributed by atoms with Crippen molar-refractivity contribution in [1.29, 1.82) is 0 Å². The Hall–Kier alpha value is -1.35. The zero-order valence-corrected chi connectivity index (χ0v) is 12.0.